The van der Waals surface area contributed by atoms with Crippen LogP contribution in [0.25, 0.3) is 0 Å². The molecule has 1 unspecified atom stereocenters. The van der Waals surface area contributed by atoms with E-state index in [-0.39, 0.29) is 17.5 Å². The fourth-order valence-electron chi connectivity index (χ4n) is 2.74. The summed E-state index contributed by atoms with van der Waals surface area (Å²) < 4.78 is 6.06. The van der Waals surface area contributed by atoms with Crippen LogP contribution >= 0.6 is 0 Å². The second-order valence-electron chi connectivity index (χ2n) is 4.90. The van der Waals surface area contributed by atoms with Gasteiger partial charge in [0, 0.05) is 19.5 Å². The average Bonchev–Trinajstić information content (AvgIpc) is 2.64. The van der Waals surface area contributed by atoms with Crippen LogP contribution < -0.4 is 5.32 Å². The molecule has 1 atom stereocenters. The standard InChI is InChI=1S/C14H17NO2/c1-2-5-12(16)13-10-6-3-4-7-11(10)14(17-13)8-15-9-14/h3-4,6-7,13,15H,2,5,8-9H2,1H3. The van der Waals surface area contributed by atoms with Crippen molar-refractivity contribution in [2.24, 2.45) is 0 Å². The zero-order valence-electron chi connectivity index (χ0n) is 10.0. The van der Waals surface area contributed by atoms with Gasteiger partial charge in [0.15, 0.2) is 5.78 Å². The lowest BCUT2D eigenvalue weighted by molar-refractivity contribution is -0.148. The van der Waals surface area contributed by atoms with Crippen LogP contribution in [-0.2, 0) is 15.1 Å². The molecule has 3 rings (SSSR count). The van der Waals surface area contributed by atoms with Gasteiger partial charge < -0.3 is 10.1 Å². The molecule has 3 heteroatoms. The number of Topliss-reactive ketones (excluding diaryl/α,β-unsaturated/α-hetero) is 1. The monoisotopic (exact) mass is 231 g/mol. The average molecular weight is 231 g/mol. The first-order chi connectivity index (χ1) is 8.27. The Bertz CT molecular complexity index is 451. The molecule has 1 spiro atoms. The van der Waals surface area contributed by atoms with Gasteiger partial charge in [-0.25, -0.2) is 0 Å². The highest BCUT2D eigenvalue weighted by molar-refractivity contribution is 5.85. The predicted octanol–water partition coefficient (Wildman–Crippen LogP) is 1.93. The second kappa shape index (κ2) is 3.93. The molecule has 1 aromatic carbocycles. The quantitative estimate of drug-likeness (QED) is 0.863. The lowest BCUT2D eigenvalue weighted by atomic mass is 9.86. The van der Waals surface area contributed by atoms with Crippen LogP contribution in [0.3, 0.4) is 0 Å². The van der Waals surface area contributed by atoms with Crippen LogP contribution in [0.1, 0.15) is 37.0 Å². The molecule has 2 aliphatic rings. The Balaban J connectivity index is 1.97. The molecule has 0 amide bonds. The Morgan fingerprint density at radius 3 is 2.88 bits per heavy atom. The summed E-state index contributed by atoms with van der Waals surface area (Å²) in [4.78, 5) is 12.1. The summed E-state index contributed by atoms with van der Waals surface area (Å²) in [7, 11) is 0. The van der Waals surface area contributed by atoms with Crippen molar-refractivity contribution in [3.63, 3.8) is 0 Å². The van der Waals surface area contributed by atoms with Gasteiger partial charge in [0.05, 0.1) is 0 Å². The summed E-state index contributed by atoms with van der Waals surface area (Å²) in [5.74, 6) is 0.212. The van der Waals surface area contributed by atoms with Crippen molar-refractivity contribution in [1.29, 1.82) is 0 Å². The van der Waals surface area contributed by atoms with E-state index in [4.69, 9.17) is 4.74 Å². The van der Waals surface area contributed by atoms with Gasteiger partial charge in [-0.15, -0.1) is 0 Å². The van der Waals surface area contributed by atoms with Crippen molar-refractivity contribution in [3.8, 4) is 0 Å². The van der Waals surface area contributed by atoms with Crippen molar-refractivity contribution in [2.45, 2.75) is 31.5 Å². The third-order valence-electron chi connectivity index (χ3n) is 3.69. The topological polar surface area (TPSA) is 38.3 Å². The molecule has 2 aliphatic heterocycles. The summed E-state index contributed by atoms with van der Waals surface area (Å²) >= 11 is 0. The van der Waals surface area contributed by atoms with Gasteiger partial charge in [0.2, 0.25) is 0 Å². The van der Waals surface area contributed by atoms with E-state index in [0.29, 0.717) is 6.42 Å². The number of nitrogens with one attached hydrogen (secondary N) is 1. The SMILES string of the molecule is CCCC(=O)C1OC2(CNC2)c2ccccc21. The number of benzene rings is 1. The van der Waals surface area contributed by atoms with E-state index in [0.717, 1.165) is 25.1 Å². The second-order valence-corrected chi connectivity index (χ2v) is 4.90. The van der Waals surface area contributed by atoms with Gasteiger partial charge in [-0.05, 0) is 17.5 Å². The highest BCUT2D eigenvalue weighted by Gasteiger charge is 2.50. The van der Waals surface area contributed by atoms with Crippen LogP contribution in [-0.4, -0.2) is 18.9 Å². The summed E-state index contributed by atoms with van der Waals surface area (Å²) in [5.41, 5.74) is 2.05. The van der Waals surface area contributed by atoms with Crippen molar-refractivity contribution in [2.75, 3.05) is 13.1 Å². The molecular formula is C14H17NO2. The van der Waals surface area contributed by atoms with E-state index in [1.54, 1.807) is 0 Å². The van der Waals surface area contributed by atoms with Crippen LogP contribution in [0.15, 0.2) is 24.3 Å². The maximum Gasteiger partial charge on any atom is 0.166 e. The van der Waals surface area contributed by atoms with E-state index in [1.807, 2.05) is 25.1 Å². The number of hydrogen-bond acceptors (Lipinski definition) is 3. The fraction of sp³-hybridized carbons (Fsp3) is 0.500. The van der Waals surface area contributed by atoms with E-state index in [1.165, 1.54) is 5.56 Å². The molecule has 0 aromatic heterocycles. The molecule has 17 heavy (non-hydrogen) atoms. The number of rotatable bonds is 3. The van der Waals surface area contributed by atoms with Crippen molar-refractivity contribution in [1.82, 2.24) is 5.32 Å². The molecule has 90 valence electrons. The number of ether oxygens (including phenoxy) is 1. The van der Waals surface area contributed by atoms with Gasteiger partial charge in [-0.3, -0.25) is 4.79 Å². The molecule has 0 radical (unpaired) electrons. The highest BCUT2D eigenvalue weighted by atomic mass is 16.5. The molecular weight excluding hydrogens is 214 g/mol. The van der Waals surface area contributed by atoms with Gasteiger partial charge >= 0.3 is 0 Å². The summed E-state index contributed by atoms with van der Waals surface area (Å²) in [5, 5.41) is 3.24. The first kappa shape index (κ1) is 10.9. The first-order valence-electron chi connectivity index (χ1n) is 6.27. The van der Waals surface area contributed by atoms with Crippen LogP contribution in [0.2, 0.25) is 0 Å². The van der Waals surface area contributed by atoms with Gasteiger partial charge in [0.25, 0.3) is 0 Å². The fourth-order valence-corrected chi connectivity index (χ4v) is 2.74. The minimum absolute atomic E-state index is 0.212. The number of hydrogen-bond donors (Lipinski definition) is 1. The zero-order valence-corrected chi connectivity index (χ0v) is 10.0. The molecule has 1 aromatic rings. The smallest absolute Gasteiger partial charge is 0.166 e. The van der Waals surface area contributed by atoms with E-state index in [2.05, 4.69) is 11.4 Å². The molecule has 0 bridgehead atoms. The first-order valence-corrected chi connectivity index (χ1v) is 6.27. The summed E-state index contributed by atoms with van der Waals surface area (Å²) in [6.07, 6.45) is 1.14. The number of carbonyl (C=O) groups excluding carboxylic acids is 1. The third-order valence-corrected chi connectivity index (χ3v) is 3.69. The minimum Gasteiger partial charge on any atom is -0.352 e. The minimum atomic E-state index is -0.340. The normalized spacial score (nSPS) is 24.4. The largest absolute Gasteiger partial charge is 0.352 e. The van der Waals surface area contributed by atoms with Gasteiger partial charge in [-0.2, -0.15) is 0 Å². The van der Waals surface area contributed by atoms with Crippen molar-refractivity contribution < 1.29 is 9.53 Å². The molecule has 0 saturated carbocycles. The van der Waals surface area contributed by atoms with Crippen molar-refractivity contribution in [3.05, 3.63) is 35.4 Å². The predicted molar refractivity (Wildman–Crippen MR) is 64.7 cm³/mol. The molecule has 3 nitrogen and oxygen atoms in total. The third kappa shape index (κ3) is 1.53. The molecule has 1 fully saturated rings. The molecule has 1 saturated heterocycles. The molecule has 2 heterocycles. The summed E-state index contributed by atoms with van der Waals surface area (Å²) in [6.45, 7) is 3.67. The van der Waals surface area contributed by atoms with E-state index < -0.39 is 0 Å². The molecule has 1 N–H and O–H groups in total. The van der Waals surface area contributed by atoms with E-state index in [9.17, 15) is 4.79 Å². The maximum atomic E-state index is 12.1. The highest BCUT2D eigenvalue weighted by Crippen LogP contribution is 2.46. The Morgan fingerprint density at radius 2 is 2.24 bits per heavy atom. The lowest BCUT2D eigenvalue weighted by Crippen LogP contribution is -2.56. The number of fused-ring (bicyclic) bond motifs is 2. The zero-order chi connectivity index (χ0) is 11.9. The summed E-state index contributed by atoms with van der Waals surface area (Å²) in [6, 6.07) is 8.13. The van der Waals surface area contributed by atoms with Crippen LogP contribution in [0.4, 0.5) is 0 Å². The maximum absolute atomic E-state index is 12.1. The van der Waals surface area contributed by atoms with Crippen molar-refractivity contribution >= 4 is 5.78 Å². The Labute approximate surface area is 101 Å². The lowest BCUT2D eigenvalue weighted by Gasteiger charge is -2.39. The van der Waals surface area contributed by atoms with Gasteiger partial charge in [0.1, 0.15) is 11.7 Å². The van der Waals surface area contributed by atoms with E-state index >= 15 is 0 Å². The van der Waals surface area contributed by atoms with Crippen LogP contribution in [0.5, 0.6) is 0 Å². The number of carbonyl (C=O) groups is 1. The molecule has 0 aliphatic carbocycles. The van der Waals surface area contributed by atoms with Gasteiger partial charge in [-0.1, -0.05) is 31.2 Å². The Hall–Kier alpha value is -1.19. The number of ketones is 1. The Kier molecular flexibility index (Phi) is 2.53. The van der Waals surface area contributed by atoms with Crippen LogP contribution in [0, 0.1) is 0 Å². The Morgan fingerprint density at radius 1 is 1.47 bits per heavy atom.